The van der Waals surface area contributed by atoms with Gasteiger partial charge in [-0.25, -0.2) is 0 Å². The van der Waals surface area contributed by atoms with E-state index in [1.165, 1.54) is 135 Å². The van der Waals surface area contributed by atoms with Crippen molar-refractivity contribution >= 4 is 17.9 Å². The summed E-state index contributed by atoms with van der Waals surface area (Å²) in [4.78, 5) is 38.0. The molecule has 6 heteroatoms. The van der Waals surface area contributed by atoms with Gasteiger partial charge in [-0.05, 0) is 70.6 Å². The van der Waals surface area contributed by atoms with Crippen LogP contribution in [0.1, 0.15) is 278 Å². The second-order valence-electron chi connectivity index (χ2n) is 18.1. The number of allylic oxidation sites excluding steroid dienone is 8. The van der Waals surface area contributed by atoms with Crippen LogP contribution in [0.5, 0.6) is 0 Å². The van der Waals surface area contributed by atoms with Crippen molar-refractivity contribution in [3.05, 3.63) is 48.6 Å². The van der Waals surface area contributed by atoms with Gasteiger partial charge in [0.05, 0.1) is 0 Å². The van der Waals surface area contributed by atoms with Crippen molar-refractivity contribution in [3.8, 4) is 0 Å². The first-order valence-corrected chi connectivity index (χ1v) is 27.1. The second-order valence-corrected chi connectivity index (χ2v) is 18.1. The van der Waals surface area contributed by atoms with Gasteiger partial charge in [0.1, 0.15) is 13.2 Å². The minimum atomic E-state index is -0.783. The average molecular weight is 883 g/mol. The molecule has 0 amide bonds. The number of carbonyl (C=O) groups is 3. The quantitative estimate of drug-likeness (QED) is 0.0262. The summed E-state index contributed by atoms with van der Waals surface area (Å²) < 4.78 is 16.8. The van der Waals surface area contributed by atoms with Gasteiger partial charge in [-0.3, -0.25) is 14.4 Å². The Hall–Kier alpha value is -2.63. The predicted molar refractivity (Wildman–Crippen MR) is 270 cm³/mol. The van der Waals surface area contributed by atoms with E-state index in [0.717, 1.165) is 103 Å². The van der Waals surface area contributed by atoms with Crippen molar-refractivity contribution in [2.24, 2.45) is 0 Å². The normalized spacial score (nSPS) is 12.4. The number of ether oxygens (including phenoxy) is 3. The maximum absolute atomic E-state index is 12.8. The Bertz CT molecular complexity index is 1110. The van der Waals surface area contributed by atoms with E-state index in [1.807, 2.05) is 0 Å². The third-order valence-electron chi connectivity index (χ3n) is 11.8. The molecular formula is C57H102O6. The van der Waals surface area contributed by atoms with Gasteiger partial charge in [-0.2, -0.15) is 0 Å². The molecule has 0 fully saturated rings. The molecule has 0 aromatic heterocycles. The molecule has 63 heavy (non-hydrogen) atoms. The Morgan fingerprint density at radius 1 is 0.317 bits per heavy atom. The minimum absolute atomic E-state index is 0.0809. The number of rotatable bonds is 49. The van der Waals surface area contributed by atoms with Crippen molar-refractivity contribution in [3.63, 3.8) is 0 Å². The van der Waals surface area contributed by atoms with E-state index in [4.69, 9.17) is 14.2 Å². The molecular weight excluding hydrogens is 781 g/mol. The van der Waals surface area contributed by atoms with Gasteiger partial charge in [0, 0.05) is 19.3 Å². The zero-order chi connectivity index (χ0) is 45.8. The standard InChI is InChI=1S/C57H102O6/c1-4-7-10-13-16-19-22-25-28-29-30-33-35-38-41-44-47-50-56(59)62-53-54(63-57(60)51-48-45-42-39-36-32-27-24-21-18-15-12-9-6-3)52-61-55(58)49-46-43-40-37-34-31-26-23-20-17-14-11-8-5-2/h14-15,17-18,23-24,26-27,54H,4-13,16,19-22,25,28-53H2,1-3H3/b17-14+,18-15+,26-23+,27-24+/t54-/m1/s1. The van der Waals surface area contributed by atoms with E-state index in [0.29, 0.717) is 19.3 Å². The zero-order valence-electron chi connectivity index (χ0n) is 41.8. The minimum Gasteiger partial charge on any atom is -0.462 e. The summed E-state index contributed by atoms with van der Waals surface area (Å²) in [6, 6.07) is 0. The molecule has 0 aromatic carbocycles. The van der Waals surface area contributed by atoms with E-state index >= 15 is 0 Å². The summed E-state index contributed by atoms with van der Waals surface area (Å²) >= 11 is 0. The van der Waals surface area contributed by atoms with Crippen LogP contribution < -0.4 is 0 Å². The highest BCUT2D eigenvalue weighted by Crippen LogP contribution is 2.16. The highest BCUT2D eigenvalue weighted by atomic mass is 16.6. The lowest BCUT2D eigenvalue weighted by atomic mass is 10.0. The van der Waals surface area contributed by atoms with Crippen molar-refractivity contribution in [2.75, 3.05) is 13.2 Å². The van der Waals surface area contributed by atoms with E-state index in [-0.39, 0.29) is 31.1 Å². The third-order valence-corrected chi connectivity index (χ3v) is 11.8. The summed E-state index contributed by atoms with van der Waals surface area (Å²) in [5.74, 6) is -0.899. The van der Waals surface area contributed by atoms with E-state index in [1.54, 1.807) is 0 Å². The highest BCUT2D eigenvalue weighted by molar-refractivity contribution is 5.71. The molecule has 0 aliphatic carbocycles. The smallest absolute Gasteiger partial charge is 0.306 e. The fourth-order valence-corrected chi connectivity index (χ4v) is 7.65. The van der Waals surface area contributed by atoms with E-state index in [9.17, 15) is 14.4 Å². The average Bonchev–Trinajstić information content (AvgIpc) is 3.28. The Kier molecular flexibility index (Phi) is 49.8. The first-order chi connectivity index (χ1) is 31.0. The molecule has 0 aromatic rings. The van der Waals surface area contributed by atoms with Crippen LogP contribution in [0.15, 0.2) is 48.6 Å². The Morgan fingerprint density at radius 3 is 0.921 bits per heavy atom. The lowest BCUT2D eigenvalue weighted by molar-refractivity contribution is -0.167. The van der Waals surface area contributed by atoms with Crippen molar-refractivity contribution in [2.45, 2.75) is 284 Å². The van der Waals surface area contributed by atoms with Crippen LogP contribution in [-0.2, 0) is 28.6 Å². The number of hydrogen-bond acceptors (Lipinski definition) is 6. The van der Waals surface area contributed by atoms with Gasteiger partial charge in [0.25, 0.3) is 0 Å². The molecule has 0 unspecified atom stereocenters. The van der Waals surface area contributed by atoms with E-state index in [2.05, 4.69) is 69.4 Å². The van der Waals surface area contributed by atoms with Crippen LogP contribution in [-0.4, -0.2) is 37.2 Å². The molecule has 1 atom stereocenters. The largest absolute Gasteiger partial charge is 0.462 e. The lowest BCUT2D eigenvalue weighted by Crippen LogP contribution is -2.30. The van der Waals surface area contributed by atoms with Crippen molar-refractivity contribution in [1.82, 2.24) is 0 Å². The first kappa shape index (κ1) is 60.4. The van der Waals surface area contributed by atoms with Gasteiger partial charge in [0.2, 0.25) is 0 Å². The molecule has 6 nitrogen and oxygen atoms in total. The Balaban J connectivity index is 4.37. The van der Waals surface area contributed by atoms with Crippen LogP contribution in [0.2, 0.25) is 0 Å². The molecule has 0 bridgehead atoms. The van der Waals surface area contributed by atoms with Crippen molar-refractivity contribution < 1.29 is 28.6 Å². The summed E-state index contributed by atoms with van der Waals surface area (Å²) in [5.41, 5.74) is 0. The molecule has 0 aliphatic rings. The molecule has 0 saturated carbocycles. The summed E-state index contributed by atoms with van der Waals surface area (Å²) in [7, 11) is 0. The molecule has 0 heterocycles. The third kappa shape index (κ3) is 50.2. The van der Waals surface area contributed by atoms with Crippen molar-refractivity contribution in [1.29, 1.82) is 0 Å². The number of esters is 3. The van der Waals surface area contributed by atoms with Crippen LogP contribution in [0.3, 0.4) is 0 Å². The van der Waals surface area contributed by atoms with Crippen LogP contribution >= 0.6 is 0 Å². The topological polar surface area (TPSA) is 78.9 Å². The van der Waals surface area contributed by atoms with Gasteiger partial charge >= 0.3 is 17.9 Å². The molecule has 0 saturated heterocycles. The Morgan fingerprint density at radius 2 is 0.587 bits per heavy atom. The number of unbranched alkanes of at least 4 members (excludes halogenated alkanes) is 30. The van der Waals surface area contributed by atoms with Gasteiger partial charge in [0.15, 0.2) is 6.10 Å². The molecule has 0 spiro atoms. The zero-order valence-corrected chi connectivity index (χ0v) is 41.8. The molecule has 0 rings (SSSR count). The monoisotopic (exact) mass is 883 g/mol. The second kappa shape index (κ2) is 52.0. The summed E-state index contributed by atoms with van der Waals surface area (Å²) in [6.45, 7) is 6.56. The first-order valence-electron chi connectivity index (χ1n) is 27.1. The molecule has 0 radical (unpaired) electrons. The van der Waals surface area contributed by atoms with Crippen LogP contribution in [0.4, 0.5) is 0 Å². The summed E-state index contributed by atoms with van der Waals surface area (Å²) in [5, 5.41) is 0. The fourth-order valence-electron chi connectivity index (χ4n) is 7.65. The highest BCUT2D eigenvalue weighted by Gasteiger charge is 2.19. The maximum Gasteiger partial charge on any atom is 0.306 e. The Labute approximate surface area is 390 Å². The number of carbonyl (C=O) groups excluding carboxylic acids is 3. The summed E-state index contributed by atoms with van der Waals surface area (Å²) in [6.07, 6.45) is 62.3. The fraction of sp³-hybridized carbons (Fsp3) is 0.807. The lowest BCUT2D eigenvalue weighted by Gasteiger charge is -2.18. The van der Waals surface area contributed by atoms with Gasteiger partial charge in [-0.15, -0.1) is 0 Å². The SMILES string of the molecule is CCCC/C=C/C/C=C/CCCCCCCC(=O)OC[C@H](COC(=O)CCCCCCCCCCCCCCCCCCC)OC(=O)CCCCCCC/C=C/C/C=C/CCCC. The van der Waals surface area contributed by atoms with E-state index < -0.39 is 6.10 Å². The van der Waals surface area contributed by atoms with Gasteiger partial charge < -0.3 is 14.2 Å². The van der Waals surface area contributed by atoms with Crippen LogP contribution in [0, 0.1) is 0 Å². The van der Waals surface area contributed by atoms with Crippen LogP contribution in [0.25, 0.3) is 0 Å². The maximum atomic E-state index is 12.8. The van der Waals surface area contributed by atoms with Gasteiger partial charge in [-0.1, -0.05) is 236 Å². The molecule has 366 valence electrons. The molecule has 0 N–H and O–H groups in total. The predicted octanol–water partition coefficient (Wildman–Crippen LogP) is 17.9. The molecule has 0 aliphatic heterocycles. The number of hydrogen-bond donors (Lipinski definition) is 0.